The third kappa shape index (κ3) is 4.03. The fourth-order valence-electron chi connectivity index (χ4n) is 3.67. The fourth-order valence-corrected chi connectivity index (χ4v) is 3.67. The lowest BCUT2D eigenvalue weighted by atomic mass is 9.69. The SMILES string of the molecule is COc1cccc([C@]2(C#N)CC[C@@H](NCc3ccc(C)cc3)CC2)c1. The van der Waals surface area contributed by atoms with Gasteiger partial charge in [0.15, 0.2) is 0 Å². The summed E-state index contributed by atoms with van der Waals surface area (Å²) < 4.78 is 5.33. The third-order valence-electron chi connectivity index (χ3n) is 5.39. The van der Waals surface area contributed by atoms with Gasteiger partial charge in [0.1, 0.15) is 5.75 Å². The van der Waals surface area contributed by atoms with E-state index in [2.05, 4.69) is 48.6 Å². The molecule has 0 saturated heterocycles. The zero-order chi connectivity index (χ0) is 17.7. The highest BCUT2D eigenvalue weighted by Crippen LogP contribution is 2.40. The van der Waals surface area contributed by atoms with Crippen molar-refractivity contribution < 1.29 is 4.74 Å². The van der Waals surface area contributed by atoms with E-state index in [1.54, 1.807) is 7.11 Å². The highest BCUT2D eigenvalue weighted by atomic mass is 16.5. The Morgan fingerprint density at radius 2 is 1.88 bits per heavy atom. The van der Waals surface area contributed by atoms with Gasteiger partial charge < -0.3 is 10.1 Å². The van der Waals surface area contributed by atoms with Crippen molar-refractivity contribution in [1.82, 2.24) is 5.32 Å². The van der Waals surface area contributed by atoms with Gasteiger partial charge in [-0.1, -0.05) is 42.0 Å². The van der Waals surface area contributed by atoms with E-state index >= 15 is 0 Å². The molecule has 1 fully saturated rings. The zero-order valence-corrected chi connectivity index (χ0v) is 15.1. The zero-order valence-electron chi connectivity index (χ0n) is 15.1. The van der Waals surface area contributed by atoms with Crippen molar-refractivity contribution in [1.29, 1.82) is 5.26 Å². The first-order chi connectivity index (χ1) is 12.1. The lowest BCUT2D eigenvalue weighted by Crippen LogP contribution is -2.38. The lowest BCUT2D eigenvalue weighted by Gasteiger charge is -2.36. The van der Waals surface area contributed by atoms with Gasteiger partial charge in [0.2, 0.25) is 0 Å². The van der Waals surface area contributed by atoms with Gasteiger partial charge in [0.25, 0.3) is 0 Å². The summed E-state index contributed by atoms with van der Waals surface area (Å²) in [4.78, 5) is 0. The molecule has 0 aromatic heterocycles. The molecular formula is C22H26N2O. The largest absolute Gasteiger partial charge is 0.497 e. The topological polar surface area (TPSA) is 45.0 Å². The molecule has 0 heterocycles. The van der Waals surface area contributed by atoms with Crippen LogP contribution in [0, 0.1) is 18.3 Å². The Morgan fingerprint density at radius 1 is 1.16 bits per heavy atom. The Bertz CT molecular complexity index is 737. The van der Waals surface area contributed by atoms with Gasteiger partial charge in [0, 0.05) is 12.6 Å². The summed E-state index contributed by atoms with van der Waals surface area (Å²) in [7, 11) is 1.67. The summed E-state index contributed by atoms with van der Waals surface area (Å²) in [5.41, 5.74) is 3.32. The fraction of sp³-hybridized carbons (Fsp3) is 0.409. The molecule has 0 radical (unpaired) electrons. The number of rotatable bonds is 5. The molecule has 25 heavy (non-hydrogen) atoms. The molecule has 3 nitrogen and oxygen atoms in total. The molecule has 1 saturated carbocycles. The van der Waals surface area contributed by atoms with E-state index in [1.807, 2.05) is 18.2 Å². The van der Waals surface area contributed by atoms with Crippen molar-refractivity contribution in [2.45, 2.75) is 50.6 Å². The number of hydrogen-bond donors (Lipinski definition) is 1. The second-order valence-corrected chi connectivity index (χ2v) is 7.07. The molecule has 1 N–H and O–H groups in total. The number of nitrogens with one attached hydrogen (secondary N) is 1. The maximum absolute atomic E-state index is 9.87. The van der Waals surface area contributed by atoms with Crippen LogP contribution in [0.4, 0.5) is 0 Å². The molecule has 1 aliphatic carbocycles. The predicted octanol–water partition coefficient (Wildman–Crippen LogP) is 4.50. The van der Waals surface area contributed by atoms with Gasteiger partial charge in [0.05, 0.1) is 18.6 Å². The summed E-state index contributed by atoms with van der Waals surface area (Å²) in [6.07, 6.45) is 3.83. The van der Waals surface area contributed by atoms with E-state index in [0.29, 0.717) is 6.04 Å². The first-order valence-corrected chi connectivity index (χ1v) is 9.00. The standard InChI is InChI=1S/C22H26N2O/c1-17-6-8-18(9-7-17)15-24-20-10-12-22(16-23,13-11-20)19-4-3-5-21(14-19)25-2/h3-9,14,20,24H,10-13,15H2,1-2H3/t20-,22-. The molecule has 0 amide bonds. The molecule has 130 valence electrons. The van der Waals surface area contributed by atoms with E-state index in [-0.39, 0.29) is 5.41 Å². The average Bonchev–Trinajstić information content (AvgIpc) is 2.68. The summed E-state index contributed by atoms with van der Waals surface area (Å²) in [5.74, 6) is 0.826. The first kappa shape index (κ1) is 17.5. The molecule has 3 heteroatoms. The highest BCUT2D eigenvalue weighted by molar-refractivity contribution is 5.38. The molecule has 1 aliphatic rings. The molecule has 2 aromatic rings. The van der Waals surface area contributed by atoms with Crippen molar-refractivity contribution in [3.05, 3.63) is 65.2 Å². The molecule has 3 rings (SSSR count). The van der Waals surface area contributed by atoms with Crippen LogP contribution in [-0.4, -0.2) is 13.2 Å². The highest BCUT2D eigenvalue weighted by Gasteiger charge is 2.37. The van der Waals surface area contributed by atoms with Gasteiger partial charge in [-0.2, -0.15) is 5.26 Å². The van der Waals surface area contributed by atoms with E-state index in [0.717, 1.165) is 43.5 Å². The average molecular weight is 334 g/mol. The van der Waals surface area contributed by atoms with Crippen molar-refractivity contribution in [3.8, 4) is 11.8 Å². The molecule has 0 aliphatic heterocycles. The van der Waals surface area contributed by atoms with Gasteiger partial charge in [-0.15, -0.1) is 0 Å². The van der Waals surface area contributed by atoms with Crippen LogP contribution in [0.2, 0.25) is 0 Å². The van der Waals surface area contributed by atoms with Crippen LogP contribution in [0.3, 0.4) is 0 Å². The summed E-state index contributed by atoms with van der Waals surface area (Å²) in [6, 6.07) is 19.7. The van der Waals surface area contributed by atoms with E-state index in [9.17, 15) is 5.26 Å². The van der Waals surface area contributed by atoms with Crippen LogP contribution < -0.4 is 10.1 Å². The number of ether oxygens (including phenoxy) is 1. The Labute approximate surface area is 150 Å². The monoisotopic (exact) mass is 334 g/mol. The molecule has 2 aromatic carbocycles. The summed E-state index contributed by atoms with van der Waals surface area (Å²) in [5, 5.41) is 13.5. The lowest BCUT2D eigenvalue weighted by molar-refractivity contribution is 0.294. The molecule has 0 unspecified atom stereocenters. The van der Waals surface area contributed by atoms with Gasteiger partial charge in [-0.3, -0.25) is 0 Å². The Balaban J connectivity index is 1.61. The Hall–Kier alpha value is -2.31. The molecule has 0 atom stereocenters. The maximum Gasteiger partial charge on any atom is 0.119 e. The minimum atomic E-state index is -0.378. The second-order valence-electron chi connectivity index (χ2n) is 7.07. The number of methoxy groups -OCH3 is 1. The van der Waals surface area contributed by atoms with Crippen molar-refractivity contribution in [2.75, 3.05) is 7.11 Å². The van der Waals surface area contributed by atoms with Crippen LogP contribution in [0.15, 0.2) is 48.5 Å². The number of aryl methyl sites for hydroxylation is 1. The third-order valence-corrected chi connectivity index (χ3v) is 5.39. The van der Waals surface area contributed by atoms with E-state index < -0.39 is 0 Å². The second kappa shape index (κ2) is 7.72. The smallest absolute Gasteiger partial charge is 0.119 e. The van der Waals surface area contributed by atoms with Crippen molar-refractivity contribution >= 4 is 0 Å². The molecular weight excluding hydrogens is 308 g/mol. The normalized spacial score (nSPS) is 23.0. The van der Waals surface area contributed by atoms with Gasteiger partial charge >= 0.3 is 0 Å². The van der Waals surface area contributed by atoms with Crippen LogP contribution in [-0.2, 0) is 12.0 Å². The van der Waals surface area contributed by atoms with Gasteiger partial charge in [-0.05, 0) is 55.9 Å². The van der Waals surface area contributed by atoms with E-state index in [4.69, 9.17) is 4.74 Å². The predicted molar refractivity (Wildman–Crippen MR) is 101 cm³/mol. The van der Waals surface area contributed by atoms with E-state index in [1.165, 1.54) is 11.1 Å². The first-order valence-electron chi connectivity index (χ1n) is 9.00. The van der Waals surface area contributed by atoms with Crippen LogP contribution in [0.5, 0.6) is 5.75 Å². The number of nitriles is 1. The van der Waals surface area contributed by atoms with Gasteiger partial charge in [-0.25, -0.2) is 0 Å². The van der Waals surface area contributed by atoms with Crippen LogP contribution >= 0.6 is 0 Å². The van der Waals surface area contributed by atoms with Crippen molar-refractivity contribution in [3.63, 3.8) is 0 Å². The number of hydrogen-bond acceptors (Lipinski definition) is 3. The summed E-state index contributed by atoms with van der Waals surface area (Å²) >= 11 is 0. The van der Waals surface area contributed by atoms with Crippen LogP contribution in [0.25, 0.3) is 0 Å². The maximum atomic E-state index is 9.87. The minimum absolute atomic E-state index is 0.378. The molecule has 0 bridgehead atoms. The minimum Gasteiger partial charge on any atom is -0.497 e. The Morgan fingerprint density at radius 3 is 2.52 bits per heavy atom. The summed E-state index contributed by atoms with van der Waals surface area (Å²) in [6.45, 7) is 3.00. The van der Waals surface area contributed by atoms with Crippen LogP contribution in [0.1, 0.15) is 42.4 Å². The Kier molecular flexibility index (Phi) is 5.40. The quantitative estimate of drug-likeness (QED) is 0.876. The van der Waals surface area contributed by atoms with Crippen molar-refractivity contribution in [2.24, 2.45) is 0 Å². The number of nitrogens with zero attached hydrogens (tertiary/aromatic N) is 1. The molecule has 0 spiro atoms. The number of benzene rings is 2.